The summed E-state index contributed by atoms with van der Waals surface area (Å²) in [5.41, 5.74) is 2.27. The van der Waals surface area contributed by atoms with E-state index in [1.54, 1.807) is 11.3 Å². The van der Waals surface area contributed by atoms with E-state index >= 15 is 0 Å². The van der Waals surface area contributed by atoms with Crippen LogP contribution in [0, 0.1) is 0 Å². The van der Waals surface area contributed by atoms with Crippen molar-refractivity contribution in [2.75, 3.05) is 26.0 Å². The summed E-state index contributed by atoms with van der Waals surface area (Å²) in [7, 11) is 4.00. The molecule has 3 aromatic rings. The minimum Gasteiger partial charge on any atom is -0.394 e. The minimum atomic E-state index is -0.0705. The van der Waals surface area contributed by atoms with Crippen molar-refractivity contribution in [3.8, 4) is 11.1 Å². The number of nitrogens with one attached hydrogen (secondary N) is 1. The number of rotatable bonds is 6. The van der Waals surface area contributed by atoms with Crippen LogP contribution in [0.3, 0.4) is 0 Å². The summed E-state index contributed by atoms with van der Waals surface area (Å²) in [6.45, 7) is 2.67. The SMILES string of the molecule is CC(CO)Nc1nc(CN(C)C)nc2scc(-c3ccccc3)c12. The molecule has 0 fully saturated rings. The standard InChI is InChI=1S/C18H22N4OS/c1-12(10-23)19-17-16-14(13-7-5-4-6-8-13)11-24-18(16)21-15(20-17)9-22(2)3/h4-8,11-12,23H,9-10H2,1-3H3,(H,19,20,21). The zero-order valence-electron chi connectivity index (χ0n) is 14.2. The molecule has 0 aliphatic rings. The normalized spacial score (nSPS) is 12.7. The third-order valence-corrected chi connectivity index (χ3v) is 4.55. The van der Waals surface area contributed by atoms with Gasteiger partial charge in [-0.15, -0.1) is 11.3 Å². The molecule has 1 atom stereocenters. The number of anilines is 1. The number of hydrogen-bond acceptors (Lipinski definition) is 6. The average Bonchev–Trinajstić information content (AvgIpc) is 2.99. The molecule has 0 saturated carbocycles. The maximum Gasteiger partial charge on any atom is 0.146 e. The molecule has 3 rings (SSSR count). The lowest BCUT2D eigenvalue weighted by molar-refractivity contribution is 0.281. The van der Waals surface area contributed by atoms with Gasteiger partial charge < -0.3 is 15.3 Å². The molecule has 24 heavy (non-hydrogen) atoms. The first-order valence-electron chi connectivity index (χ1n) is 7.94. The summed E-state index contributed by atoms with van der Waals surface area (Å²) in [4.78, 5) is 12.5. The molecule has 126 valence electrons. The first-order valence-corrected chi connectivity index (χ1v) is 8.82. The van der Waals surface area contributed by atoms with Crippen molar-refractivity contribution in [1.29, 1.82) is 0 Å². The lowest BCUT2D eigenvalue weighted by atomic mass is 10.1. The second-order valence-corrected chi connectivity index (χ2v) is 7.01. The van der Waals surface area contributed by atoms with Crippen molar-refractivity contribution < 1.29 is 5.11 Å². The predicted octanol–water partition coefficient (Wildman–Crippen LogP) is 3.21. The number of aliphatic hydroxyl groups is 1. The van der Waals surface area contributed by atoms with Crippen molar-refractivity contribution in [1.82, 2.24) is 14.9 Å². The van der Waals surface area contributed by atoms with E-state index in [4.69, 9.17) is 9.97 Å². The Labute approximate surface area is 146 Å². The van der Waals surface area contributed by atoms with Gasteiger partial charge in [0.05, 0.1) is 18.5 Å². The topological polar surface area (TPSA) is 61.3 Å². The Morgan fingerprint density at radius 1 is 1.21 bits per heavy atom. The van der Waals surface area contributed by atoms with Gasteiger partial charge in [0.15, 0.2) is 0 Å². The van der Waals surface area contributed by atoms with Gasteiger partial charge in [-0.3, -0.25) is 0 Å². The molecule has 2 N–H and O–H groups in total. The molecule has 1 unspecified atom stereocenters. The van der Waals surface area contributed by atoms with Crippen LogP contribution < -0.4 is 5.32 Å². The van der Waals surface area contributed by atoms with Crippen LogP contribution in [0.5, 0.6) is 0 Å². The monoisotopic (exact) mass is 342 g/mol. The fourth-order valence-electron chi connectivity index (χ4n) is 2.55. The fourth-order valence-corrected chi connectivity index (χ4v) is 3.52. The summed E-state index contributed by atoms with van der Waals surface area (Å²) in [5.74, 6) is 1.57. The van der Waals surface area contributed by atoms with Gasteiger partial charge in [0.2, 0.25) is 0 Å². The van der Waals surface area contributed by atoms with E-state index in [2.05, 4.69) is 22.8 Å². The summed E-state index contributed by atoms with van der Waals surface area (Å²) >= 11 is 1.63. The predicted molar refractivity (Wildman–Crippen MR) is 100 cm³/mol. The summed E-state index contributed by atoms with van der Waals surface area (Å²) in [6, 6.07) is 10.2. The Morgan fingerprint density at radius 3 is 2.62 bits per heavy atom. The van der Waals surface area contributed by atoms with Gasteiger partial charge >= 0.3 is 0 Å². The van der Waals surface area contributed by atoms with Gasteiger partial charge in [-0.25, -0.2) is 9.97 Å². The number of hydrogen-bond donors (Lipinski definition) is 2. The van der Waals surface area contributed by atoms with Crippen molar-refractivity contribution >= 4 is 27.4 Å². The summed E-state index contributed by atoms with van der Waals surface area (Å²) in [6.07, 6.45) is 0. The van der Waals surface area contributed by atoms with E-state index in [9.17, 15) is 5.11 Å². The third kappa shape index (κ3) is 3.56. The molecule has 0 amide bonds. The van der Waals surface area contributed by atoms with Crippen LogP contribution >= 0.6 is 11.3 Å². The van der Waals surface area contributed by atoms with Gasteiger partial charge in [-0.2, -0.15) is 0 Å². The van der Waals surface area contributed by atoms with Crippen molar-refractivity contribution in [3.05, 3.63) is 41.5 Å². The van der Waals surface area contributed by atoms with E-state index in [0.29, 0.717) is 6.54 Å². The van der Waals surface area contributed by atoms with Gasteiger partial charge in [-0.1, -0.05) is 30.3 Å². The van der Waals surface area contributed by atoms with Crippen molar-refractivity contribution in [2.24, 2.45) is 0 Å². The van der Waals surface area contributed by atoms with Crippen LogP contribution in [-0.2, 0) is 6.54 Å². The second kappa shape index (κ2) is 7.25. The highest BCUT2D eigenvalue weighted by molar-refractivity contribution is 7.17. The highest BCUT2D eigenvalue weighted by Gasteiger charge is 2.16. The molecule has 0 radical (unpaired) electrons. The lowest BCUT2D eigenvalue weighted by Gasteiger charge is -2.15. The highest BCUT2D eigenvalue weighted by atomic mass is 32.1. The van der Waals surface area contributed by atoms with Crippen LogP contribution in [-0.4, -0.2) is 46.7 Å². The third-order valence-electron chi connectivity index (χ3n) is 3.68. The number of thiophene rings is 1. The van der Waals surface area contributed by atoms with Crippen LogP contribution in [0.4, 0.5) is 5.82 Å². The molecule has 6 heteroatoms. The quantitative estimate of drug-likeness (QED) is 0.720. The minimum absolute atomic E-state index is 0.0549. The molecular weight excluding hydrogens is 320 g/mol. The molecule has 2 heterocycles. The van der Waals surface area contributed by atoms with Gasteiger partial charge in [0, 0.05) is 17.0 Å². The number of benzene rings is 1. The van der Waals surface area contributed by atoms with Crippen LogP contribution in [0.15, 0.2) is 35.7 Å². The fraction of sp³-hybridized carbons (Fsp3) is 0.333. The molecule has 0 spiro atoms. The molecule has 1 aromatic carbocycles. The maximum absolute atomic E-state index is 9.41. The van der Waals surface area contributed by atoms with Gasteiger partial charge in [0.1, 0.15) is 16.5 Å². The van der Waals surface area contributed by atoms with Crippen LogP contribution in [0.2, 0.25) is 0 Å². The Balaban J connectivity index is 2.15. The van der Waals surface area contributed by atoms with Crippen molar-refractivity contribution in [3.63, 3.8) is 0 Å². The summed E-state index contributed by atoms with van der Waals surface area (Å²) in [5, 5.41) is 15.9. The number of aromatic nitrogens is 2. The Hall–Kier alpha value is -2.02. The molecule has 0 bridgehead atoms. The van der Waals surface area contributed by atoms with E-state index in [1.165, 1.54) is 0 Å². The smallest absolute Gasteiger partial charge is 0.146 e. The molecule has 2 aromatic heterocycles. The molecule has 0 aliphatic heterocycles. The van der Waals surface area contributed by atoms with E-state index in [-0.39, 0.29) is 12.6 Å². The molecule has 0 saturated heterocycles. The number of aliphatic hydroxyl groups excluding tert-OH is 1. The Kier molecular flexibility index (Phi) is 5.08. The number of fused-ring (bicyclic) bond motifs is 1. The number of nitrogens with zero attached hydrogens (tertiary/aromatic N) is 3. The first-order chi connectivity index (χ1) is 11.6. The second-order valence-electron chi connectivity index (χ2n) is 6.15. The van der Waals surface area contributed by atoms with Crippen molar-refractivity contribution in [2.45, 2.75) is 19.5 Å². The largest absolute Gasteiger partial charge is 0.394 e. The van der Waals surface area contributed by atoms with E-state index in [0.717, 1.165) is 33.0 Å². The maximum atomic E-state index is 9.41. The van der Waals surface area contributed by atoms with E-state index < -0.39 is 0 Å². The van der Waals surface area contributed by atoms with Crippen LogP contribution in [0.25, 0.3) is 21.3 Å². The highest BCUT2D eigenvalue weighted by Crippen LogP contribution is 2.37. The Bertz CT molecular complexity index is 817. The molecular formula is C18H22N4OS. The van der Waals surface area contributed by atoms with Gasteiger partial charge in [0.25, 0.3) is 0 Å². The average molecular weight is 342 g/mol. The van der Waals surface area contributed by atoms with Crippen LogP contribution in [0.1, 0.15) is 12.7 Å². The summed E-state index contributed by atoms with van der Waals surface area (Å²) < 4.78 is 0. The lowest BCUT2D eigenvalue weighted by Crippen LogP contribution is -2.21. The zero-order valence-corrected chi connectivity index (χ0v) is 15.0. The Morgan fingerprint density at radius 2 is 1.96 bits per heavy atom. The first kappa shape index (κ1) is 16.8. The molecule has 5 nitrogen and oxygen atoms in total. The van der Waals surface area contributed by atoms with Gasteiger partial charge in [-0.05, 0) is 26.6 Å². The van der Waals surface area contributed by atoms with E-state index in [1.807, 2.05) is 44.1 Å². The molecule has 0 aliphatic carbocycles. The zero-order chi connectivity index (χ0) is 17.1.